The van der Waals surface area contributed by atoms with E-state index in [9.17, 15) is 14.7 Å². The molecule has 0 spiro atoms. The fourth-order valence-electron chi connectivity index (χ4n) is 5.65. The van der Waals surface area contributed by atoms with Crippen LogP contribution in [0.2, 0.25) is 0 Å². The van der Waals surface area contributed by atoms with Gasteiger partial charge in [-0.25, -0.2) is 14.6 Å². The van der Waals surface area contributed by atoms with Crippen LogP contribution < -0.4 is 0 Å². The molecule has 0 amide bonds. The van der Waals surface area contributed by atoms with Crippen molar-refractivity contribution in [1.29, 1.82) is 0 Å². The summed E-state index contributed by atoms with van der Waals surface area (Å²) in [5, 5.41) is 11.5. The van der Waals surface area contributed by atoms with Gasteiger partial charge < -0.3 is 23.9 Å². The van der Waals surface area contributed by atoms with Crippen molar-refractivity contribution < 1.29 is 28.9 Å². The Hall–Kier alpha value is -2.97. The lowest BCUT2D eigenvalue weighted by atomic mass is 9.65. The van der Waals surface area contributed by atoms with Gasteiger partial charge in [-0.15, -0.1) is 0 Å². The van der Waals surface area contributed by atoms with Gasteiger partial charge in [0.2, 0.25) is 5.79 Å². The van der Waals surface area contributed by atoms with Crippen LogP contribution in [0.15, 0.2) is 54.1 Å². The van der Waals surface area contributed by atoms with Gasteiger partial charge in [0.25, 0.3) is 0 Å². The first-order valence-corrected chi connectivity index (χ1v) is 12.4. The molecule has 36 heavy (non-hydrogen) atoms. The van der Waals surface area contributed by atoms with Crippen LogP contribution in [0.3, 0.4) is 0 Å². The maximum Gasteiger partial charge on any atom is 0.339 e. The Morgan fingerprint density at radius 3 is 2.72 bits per heavy atom. The van der Waals surface area contributed by atoms with Gasteiger partial charge in [0.1, 0.15) is 11.7 Å². The summed E-state index contributed by atoms with van der Waals surface area (Å²) >= 11 is 0. The number of aryl methyl sites for hydroxylation is 1. The number of esters is 2. The van der Waals surface area contributed by atoms with Crippen molar-refractivity contribution in [3.8, 4) is 0 Å². The molecule has 1 aromatic heterocycles. The lowest BCUT2D eigenvalue weighted by Gasteiger charge is -2.41. The predicted octanol–water partition coefficient (Wildman–Crippen LogP) is 3.74. The number of imidazole rings is 1. The minimum Gasteiger partial charge on any atom is -0.466 e. The Bertz CT molecular complexity index is 1140. The lowest BCUT2D eigenvalue weighted by Crippen LogP contribution is -2.47. The van der Waals surface area contributed by atoms with E-state index in [2.05, 4.69) is 31.8 Å². The van der Waals surface area contributed by atoms with Crippen LogP contribution in [0.1, 0.15) is 46.2 Å². The highest BCUT2D eigenvalue weighted by Gasteiger charge is 2.54. The van der Waals surface area contributed by atoms with Crippen LogP contribution in [0, 0.1) is 23.7 Å². The molecule has 0 radical (unpaired) electrons. The first kappa shape index (κ1) is 26.1. The minimum atomic E-state index is -1.98. The Labute approximate surface area is 212 Å². The SMILES string of the molecule is COC(=O)C1=CC2C(CC(OC(=O)C=Cc3cn(C)cn3)C3(C)C=CC1(O)O3)C(C)=CCC2C(C)C. The first-order chi connectivity index (χ1) is 17.0. The number of methoxy groups -OCH3 is 1. The third-order valence-corrected chi connectivity index (χ3v) is 7.76. The highest BCUT2D eigenvalue weighted by molar-refractivity contribution is 5.91. The average molecular weight is 497 g/mol. The predicted molar refractivity (Wildman–Crippen MR) is 134 cm³/mol. The molecule has 194 valence electrons. The summed E-state index contributed by atoms with van der Waals surface area (Å²) in [6.07, 6.45) is 14.2. The van der Waals surface area contributed by atoms with Crippen molar-refractivity contribution in [1.82, 2.24) is 9.55 Å². The Balaban J connectivity index is 1.73. The number of fused-ring (bicyclic) bond motifs is 3. The highest BCUT2D eigenvalue weighted by Crippen LogP contribution is 2.49. The number of hydrogen-bond donors (Lipinski definition) is 1. The molecule has 0 aromatic carbocycles. The van der Waals surface area contributed by atoms with Crippen molar-refractivity contribution in [2.24, 2.45) is 30.7 Å². The van der Waals surface area contributed by atoms with E-state index < -0.39 is 29.4 Å². The topological polar surface area (TPSA) is 99.9 Å². The second-order valence-corrected chi connectivity index (χ2v) is 10.6. The van der Waals surface area contributed by atoms with Crippen LogP contribution in [-0.2, 0) is 30.8 Å². The number of ether oxygens (including phenoxy) is 3. The largest absolute Gasteiger partial charge is 0.466 e. The van der Waals surface area contributed by atoms with E-state index in [0.717, 1.165) is 6.42 Å². The Morgan fingerprint density at radius 1 is 1.33 bits per heavy atom. The molecule has 6 unspecified atom stereocenters. The summed E-state index contributed by atoms with van der Waals surface area (Å²) in [7, 11) is 3.14. The second-order valence-electron chi connectivity index (χ2n) is 10.6. The van der Waals surface area contributed by atoms with Gasteiger partial charge in [0.15, 0.2) is 0 Å². The molecule has 3 heterocycles. The molecule has 1 N–H and O–H groups in total. The van der Waals surface area contributed by atoms with Crippen molar-refractivity contribution in [2.45, 2.75) is 58.0 Å². The molecular weight excluding hydrogens is 460 g/mol. The molecule has 8 nitrogen and oxygen atoms in total. The van der Waals surface area contributed by atoms with Gasteiger partial charge in [-0.1, -0.05) is 31.6 Å². The van der Waals surface area contributed by atoms with Gasteiger partial charge in [0.05, 0.1) is 24.7 Å². The molecule has 0 fully saturated rings. The molecule has 3 aliphatic rings. The van der Waals surface area contributed by atoms with E-state index in [1.165, 1.54) is 24.8 Å². The van der Waals surface area contributed by atoms with Gasteiger partial charge >= 0.3 is 11.9 Å². The van der Waals surface area contributed by atoms with Crippen molar-refractivity contribution >= 4 is 18.0 Å². The fraction of sp³-hybridized carbons (Fsp3) is 0.536. The summed E-state index contributed by atoms with van der Waals surface area (Å²) in [5.74, 6) is -2.68. The maximum absolute atomic E-state index is 12.9. The van der Waals surface area contributed by atoms with E-state index in [1.54, 1.807) is 36.2 Å². The van der Waals surface area contributed by atoms with E-state index in [-0.39, 0.29) is 23.3 Å². The first-order valence-electron chi connectivity index (χ1n) is 12.4. The molecular formula is C28H36N2O6. The molecule has 0 saturated carbocycles. The number of carbonyl (C=O) groups is 2. The number of rotatable bonds is 5. The van der Waals surface area contributed by atoms with E-state index >= 15 is 0 Å². The van der Waals surface area contributed by atoms with Crippen LogP contribution >= 0.6 is 0 Å². The Morgan fingerprint density at radius 2 is 2.08 bits per heavy atom. The third kappa shape index (κ3) is 4.97. The van der Waals surface area contributed by atoms with Gasteiger partial charge in [0, 0.05) is 19.3 Å². The summed E-state index contributed by atoms with van der Waals surface area (Å²) in [6, 6.07) is 0. The number of aromatic nitrogens is 2. The summed E-state index contributed by atoms with van der Waals surface area (Å²) in [6.45, 7) is 8.16. The molecule has 2 aliphatic heterocycles. The zero-order valence-electron chi connectivity index (χ0n) is 21.8. The molecule has 2 bridgehead atoms. The van der Waals surface area contributed by atoms with Gasteiger partial charge in [-0.3, -0.25) is 0 Å². The molecule has 0 saturated heterocycles. The van der Waals surface area contributed by atoms with Crippen LogP contribution in [0.5, 0.6) is 0 Å². The zero-order chi connectivity index (χ0) is 26.3. The van der Waals surface area contributed by atoms with Crippen molar-refractivity contribution in [3.63, 3.8) is 0 Å². The smallest absolute Gasteiger partial charge is 0.339 e. The number of aliphatic hydroxyl groups is 1. The van der Waals surface area contributed by atoms with Crippen LogP contribution in [-0.4, -0.2) is 51.2 Å². The van der Waals surface area contributed by atoms with E-state index in [1.807, 2.05) is 13.1 Å². The molecule has 6 atom stereocenters. The molecule has 1 aromatic rings. The van der Waals surface area contributed by atoms with Crippen LogP contribution in [0.25, 0.3) is 6.08 Å². The number of carbonyl (C=O) groups excluding carboxylic acids is 2. The lowest BCUT2D eigenvalue weighted by molar-refractivity contribution is -0.216. The molecule has 4 rings (SSSR count). The fourth-order valence-corrected chi connectivity index (χ4v) is 5.65. The summed E-state index contributed by atoms with van der Waals surface area (Å²) in [5.41, 5.74) is 0.706. The summed E-state index contributed by atoms with van der Waals surface area (Å²) in [4.78, 5) is 30.0. The van der Waals surface area contributed by atoms with Crippen molar-refractivity contribution in [3.05, 3.63) is 59.7 Å². The van der Waals surface area contributed by atoms with Gasteiger partial charge in [-0.2, -0.15) is 0 Å². The molecule has 1 aliphatic carbocycles. The average Bonchev–Trinajstić information content (AvgIpc) is 3.39. The van der Waals surface area contributed by atoms with E-state index in [0.29, 0.717) is 18.0 Å². The van der Waals surface area contributed by atoms with E-state index in [4.69, 9.17) is 14.2 Å². The highest BCUT2D eigenvalue weighted by atomic mass is 16.7. The number of allylic oxidation sites excluding steroid dienone is 3. The number of hydrogen-bond acceptors (Lipinski definition) is 7. The Kier molecular flexibility index (Phi) is 7.12. The standard InChI is InChI=1S/C28H36N2O6/c1-17(2)20-9-7-18(3)21-14-24(35-25(31)10-8-19-15-30(5)16-29-19)27(4)11-12-28(33,36-27)23(13-22(20)21)26(32)34-6/h7-8,10-13,15-17,20-22,24,33H,9,14H2,1-6H3. The zero-order valence-corrected chi connectivity index (χ0v) is 21.8. The second kappa shape index (κ2) is 9.82. The normalized spacial score (nSPS) is 33.9. The van der Waals surface area contributed by atoms with Crippen LogP contribution in [0.4, 0.5) is 0 Å². The van der Waals surface area contributed by atoms with Gasteiger partial charge in [-0.05, 0) is 68.6 Å². The van der Waals surface area contributed by atoms with Crippen molar-refractivity contribution in [2.75, 3.05) is 7.11 Å². The quantitative estimate of drug-likeness (QED) is 0.377. The summed E-state index contributed by atoms with van der Waals surface area (Å²) < 4.78 is 19.0. The maximum atomic E-state index is 12.9. The molecule has 8 heteroatoms. The minimum absolute atomic E-state index is 0.0137. The monoisotopic (exact) mass is 496 g/mol. The number of nitrogens with zero attached hydrogens (tertiary/aromatic N) is 2. The third-order valence-electron chi connectivity index (χ3n) is 7.76.